The summed E-state index contributed by atoms with van der Waals surface area (Å²) in [6.07, 6.45) is 0. The Bertz CT molecular complexity index is 1370. The van der Waals surface area contributed by atoms with Gasteiger partial charge in [0.2, 0.25) is 0 Å². The molecule has 0 aromatic heterocycles. The van der Waals surface area contributed by atoms with Crippen molar-refractivity contribution in [2.45, 2.75) is 4.90 Å². The van der Waals surface area contributed by atoms with Crippen molar-refractivity contribution in [2.24, 2.45) is 0 Å². The van der Waals surface area contributed by atoms with E-state index in [1.807, 2.05) is 36.4 Å². The normalized spacial score (nSPS) is 11.3. The monoisotopic (exact) mass is 434 g/mol. The van der Waals surface area contributed by atoms with E-state index in [4.69, 9.17) is 0 Å². The molecule has 0 unspecified atom stereocenters. The number of benzene rings is 4. The summed E-state index contributed by atoms with van der Waals surface area (Å²) < 4.78 is 40.2. The van der Waals surface area contributed by atoms with Gasteiger partial charge in [0.25, 0.3) is 15.9 Å². The number of carbonyl (C=O) groups excluding carboxylic acids is 1. The molecule has 0 atom stereocenters. The number of hydrogen-bond acceptors (Lipinski definition) is 3. The molecule has 156 valence electrons. The molecule has 7 heteroatoms. The zero-order valence-corrected chi connectivity index (χ0v) is 17.4. The molecule has 0 spiro atoms. The third-order valence-electron chi connectivity index (χ3n) is 4.95. The minimum atomic E-state index is -3.93. The summed E-state index contributed by atoms with van der Waals surface area (Å²) in [7, 11) is -2.55. The molecule has 0 saturated heterocycles. The second kappa shape index (κ2) is 8.20. The quantitative estimate of drug-likeness (QED) is 0.478. The smallest absolute Gasteiger partial charge is 0.264 e. The topological polar surface area (TPSA) is 66.5 Å². The highest BCUT2D eigenvalue weighted by molar-refractivity contribution is 7.92. The zero-order chi connectivity index (χ0) is 22.0. The number of hydrogen-bond donors (Lipinski definition) is 1. The van der Waals surface area contributed by atoms with Gasteiger partial charge in [0.15, 0.2) is 0 Å². The molecule has 5 nitrogen and oxygen atoms in total. The molecule has 1 N–H and O–H groups in total. The highest BCUT2D eigenvalue weighted by Crippen LogP contribution is 2.24. The highest BCUT2D eigenvalue weighted by atomic mass is 32.2. The second-order valence-electron chi connectivity index (χ2n) is 6.99. The van der Waals surface area contributed by atoms with E-state index in [-0.39, 0.29) is 10.5 Å². The Morgan fingerprint density at radius 3 is 2.29 bits per heavy atom. The Hall–Kier alpha value is -3.71. The maximum Gasteiger partial charge on any atom is 0.264 e. The predicted molar refractivity (Wildman–Crippen MR) is 120 cm³/mol. The van der Waals surface area contributed by atoms with Crippen LogP contribution in [0.4, 0.5) is 15.8 Å². The van der Waals surface area contributed by atoms with Gasteiger partial charge >= 0.3 is 0 Å². The standard InChI is InChI=1S/C24H19FN2O3S/c1-27(22-13-10-20(25)11-14-22)31(29,30)23-8-4-7-19(16-23)24(28)26-21-12-9-17-5-2-3-6-18(17)15-21/h2-16H,1H3,(H,26,28). The second-order valence-corrected chi connectivity index (χ2v) is 8.96. The Morgan fingerprint density at radius 2 is 1.55 bits per heavy atom. The number of halogens is 1. The lowest BCUT2D eigenvalue weighted by molar-refractivity contribution is 0.102. The fourth-order valence-electron chi connectivity index (χ4n) is 3.22. The summed E-state index contributed by atoms with van der Waals surface area (Å²) in [5.41, 5.74) is 1.13. The van der Waals surface area contributed by atoms with Crippen molar-refractivity contribution >= 4 is 38.1 Å². The summed E-state index contributed by atoms with van der Waals surface area (Å²) in [5.74, 6) is -0.876. The lowest BCUT2D eigenvalue weighted by atomic mass is 10.1. The third kappa shape index (κ3) is 4.27. The predicted octanol–water partition coefficient (Wildman–Crippen LogP) is 5.06. The number of amides is 1. The number of anilines is 2. The first kappa shape index (κ1) is 20.6. The van der Waals surface area contributed by atoms with E-state index in [2.05, 4.69) is 5.32 Å². The van der Waals surface area contributed by atoms with Gasteiger partial charge in [0.1, 0.15) is 5.82 Å². The first-order chi connectivity index (χ1) is 14.8. The van der Waals surface area contributed by atoms with Gasteiger partial charge in [-0.05, 0) is 65.4 Å². The van der Waals surface area contributed by atoms with Gasteiger partial charge in [-0.1, -0.05) is 36.4 Å². The van der Waals surface area contributed by atoms with Crippen LogP contribution in [0.2, 0.25) is 0 Å². The van der Waals surface area contributed by atoms with E-state index in [1.165, 1.54) is 49.5 Å². The van der Waals surface area contributed by atoms with Crippen LogP contribution >= 0.6 is 0 Å². The number of sulfonamides is 1. The molecule has 0 aliphatic heterocycles. The SMILES string of the molecule is CN(c1ccc(F)cc1)S(=O)(=O)c1cccc(C(=O)Nc2ccc3ccccc3c2)c1. The van der Waals surface area contributed by atoms with E-state index >= 15 is 0 Å². The Balaban J connectivity index is 1.59. The van der Waals surface area contributed by atoms with Crippen molar-refractivity contribution in [3.05, 3.63) is 102 Å². The van der Waals surface area contributed by atoms with Crippen LogP contribution in [-0.2, 0) is 10.0 Å². The average Bonchev–Trinajstić information content (AvgIpc) is 2.79. The molecular formula is C24H19FN2O3S. The fraction of sp³-hybridized carbons (Fsp3) is 0.0417. The van der Waals surface area contributed by atoms with Crippen LogP contribution < -0.4 is 9.62 Å². The molecule has 4 aromatic carbocycles. The zero-order valence-electron chi connectivity index (χ0n) is 16.6. The summed E-state index contributed by atoms with van der Waals surface area (Å²) in [4.78, 5) is 12.7. The van der Waals surface area contributed by atoms with Crippen LogP contribution in [0, 0.1) is 5.82 Å². The van der Waals surface area contributed by atoms with E-state index in [0.29, 0.717) is 11.4 Å². The molecule has 0 fully saturated rings. The van der Waals surface area contributed by atoms with E-state index in [9.17, 15) is 17.6 Å². The van der Waals surface area contributed by atoms with Crippen molar-refractivity contribution in [2.75, 3.05) is 16.7 Å². The van der Waals surface area contributed by atoms with Crippen LogP contribution in [-0.4, -0.2) is 21.4 Å². The van der Waals surface area contributed by atoms with Crippen molar-refractivity contribution in [1.29, 1.82) is 0 Å². The van der Waals surface area contributed by atoms with Crippen LogP contribution in [0.3, 0.4) is 0 Å². The Labute approximate surface area is 179 Å². The fourth-order valence-corrected chi connectivity index (χ4v) is 4.46. The Morgan fingerprint density at radius 1 is 0.839 bits per heavy atom. The van der Waals surface area contributed by atoms with E-state index < -0.39 is 21.7 Å². The minimum absolute atomic E-state index is 0.0366. The maximum atomic E-state index is 13.2. The van der Waals surface area contributed by atoms with Crippen molar-refractivity contribution in [1.82, 2.24) is 0 Å². The average molecular weight is 434 g/mol. The Kier molecular flexibility index (Phi) is 5.44. The summed E-state index contributed by atoms with van der Waals surface area (Å²) >= 11 is 0. The lowest BCUT2D eigenvalue weighted by Crippen LogP contribution is -2.26. The van der Waals surface area contributed by atoms with Crippen molar-refractivity contribution in [3.63, 3.8) is 0 Å². The van der Waals surface area contributed by atoms with Crippen LogP contribution in [0.15, 0.2) is 95.9 Å². The lowest BCUT2D eigenvalue weighted by Gasteiger charge is -2.19. The molecule has 4 aromatic rings. The molecule has 0 aliphatic carbocycles. The highest BCUT2D eigenvalue weighted by Gasteiger charge is 2.22. The first-order valence-electron chi connectivity index (χ1n) is 9.49. The molecule has 0 bridgehead atoms. The van der Waals surface area contributed by atoms with Gasteiger partial charge in [0.05, 0.1) is 10.6 Å². The van der Waals surface area contributed by atoms with Gasteiger partial charge in [-0.25, -0.2) is 12.8 Å². The largest absolute Gasteiger partial charge is 0.322 e. The maximum absolute atomic E-state index is 13.2. The van der Waals surface area contributed by atoms with Gasteiger partial charge in [-0.15, -0.1) is 0 Å². The van der Waals surface area contributed by atoms with Crippen molar-refractivity contribution < 1.29 is 17.6 Å². The number of nitrogens with zero attached hydrogens (tertiary/aromatic N) is 1. The third-order valence-corrected chi connectivity index (χ3v) is 6.73. The minimum Gasteiger partial charge on any atom is -0.322 e. The van der Waals surface area contributed by atoms with Gasteiger partial charge in [0, 0.05) is 18.3 Å². The van der Waals surface area contributed by atoms with Gasteiger partial charge in [-0.3, -0.25) is 9.10 Å². The summed E-state index contributed by atoms with van der Waals surface area (Å²) in [6.45, 7) is 0. The molecule has 31 heavy (non-hydrogen) atoms. The number of nitrogens with one attached hydrogen (secondary N) is 1. The van der Waals surface area contributed by atoms with Gasteiger partial charge in [-0.2, -0.15) is 0 Å². The number of carbonyl (C=O) groups is 1. The van der Waals surface area contributed by atoms with E-state index in [0.717, 1.165) is 15.1 Å². The summed E-state index contributed by atoms with van der Waals surface area (Å²) in [6, 6.07) is 24.3. The van der Waals surface area contributed by atoms with Crippen LogP contribution in [0.5, 0.6) is 0 Å². The van der Waals surface area contributed by atoms with Crippen molar-refractivity contribution in [3.8, 4) is 0 Å². The molecule has 1 amide bonds. The molecular weight excluding hydrogens is 415 g/mol. The van der Waals surface area contributed by atoms with Crippen LogP contribution in [0.25, 0.3) is 10.8 Å². The van der Waals surface area contributed by atoms with Crippen LogP contribution in [0.1, 0.15) is 10.4 Å². The van der Waals surface area contributed by atoms with E-state index in [1.54, 1.807) is 12.1 Å². The molecule has 0 radical (unpaired) electrons. The molecule has 0 aliphatic rings. The number of fused-ring (bicyclic) bond motifs is 1. The number of rotatable bonds is 5. The van der Waals surface area contributed by atoms with Gasteiger partial charge < -0.3 is 5.32 Å². The first-order valence-corrected chi connectivity index (χ1v) is 10.9. The summed E-state index contributed by atoms with van der Waals surface area (Å²) in [5, 5.41) is 4.84. The molecule has 0 saturated carbocycles. The molecule has 4 rings (SSSR count). The molecule has 0 heterocycles.